The van der Waals surface area contributed by atoms with Crippen molar-refractivity contribution in [3.63, 3.8) is 0 Å². The zero-order valence-corrected chi connectivity index (χ0v) is 10.6. The average molecular weight is 269 g/mol. The molecule has 1 heterocycles. The lowest BCUT2D eigenvalue weighted by Crippen LogP contribution is -2.35. The third-order valence-corrected chi connectivity index (χ3v) is 2.24. The molecule has 0 aliphatic carbocycles. The van der Waals surface area contributed by atoms with Crippen LogP contribution in [-0.2, 0) is 4.79 Å². The van der Waals surface area contributed by atoms with E-state index in [4.69, 9.17) is 5.84 Å². The molecular formula is C9H15N7O3. The predicted molar refractivity (Wildman–Crippen MR) is 68.5 cm³/mol. The lowest BCUT2D eigenvalue weighted by Gasteiger charge is -2.17. The summed E-state index contributed by atoms with van der Waals surface area (Å²) < 4.78 is 0. The molecule has 10 nitrogen and oxygen atoms in total. The quantitative estimate of drug-likeness (QED) is 0.348. The lowest BCUT2D eigenvalue weighted by molar-refractivity contribution is -0.383. The molecule has 0 fully saturated rings. The van der Waals surface area contributed by atoms with E-state index >= 15 is 0 Å². The minimum atomic E-state index is -0.654. The molecule has 0 unspecified atom stereocenters. The Morgan fingerprint density at radius 3 is 2.79 bits per heavy atom. The highest BCUT2D eigenvalue weighted by molar-refractivity contribution is 5.82. The van der Waals surface area contributed by atoms with Crippen LogP contribution in [0.15, 0.2) is 6.33 Å². The van der Waals surface area contributed by atoms with Crippen LogP contribution in [-0.4, -0.2) is 40.9 Å². The minimum absolute atomic E-state index is 0.0132. The number of aromatic nitrogens is 2. The molecular weight excluding hydrogens is 254 g/mol. The Morgan fingerprint density at radius 1 is 1.58 bits per heavy atom. The van der Waals surface area contributed by atoms with Crippen molar-refractivity contribution < 1.29 is 9.72 Å². The first kappa shape index (κ1) is 14.6. The molecule has 0 spiro atoms. The second-order valence-electron chi connectivity index (χ2n) is 3.61. The van der Waals surface area contributed by atoms with Crippen molar-refractivity contribution in [2.24, 2.45) is 5.84 Å². The first-order chi connectivity index (χ1) is 9.01. The third kappa shape index (κ3) is 3.48. The molecule has 0 radical (unpaired) electrons. The molecule has 1 aromatic rings. The van der Waals surface area contributed by atoms with Gasteiger partial charge in [-0.2, -0.15) is 0 Å². The average Bonchev–Trinajstić information content (AvgIpc) is 2.37. The summed E-state index contributed by atoms with van der Waals surface area (Å²) in [5.41, 5.74) is 1.75. The van der Waals surface area contributed by atoms with Gasteiger partial charge in [0.15, 0.2) is 0 Å². The van der Waals surface area contributed by atoms with E-state index in [1.165, 1.54) is 11.9 Å². The molecule has 1 amide bonds. The first-order valence-corrected chi connectivity index (χ1v) is 5.45. The van der Waals surface area contributed by atoms with Gasteiger partial charge < -0.3 is 15.6 Å². The molecule has 4 N–H and O–H groups in total. The van der Waals surface area contributed by atoms with Gasteiger partial charge in [-0.25, -0.2) is 15.8 Å². The van der Waals surface area contributed by atoms with Gasteiger partial charge >= 0.3 is 5.69 Å². The maximum absolute atomic E-state index is 11.5. The summed E-state index contributed by atoms with van der Waals surface area (Å²) in [4.78, 5) is 30.7. The van der Waals surface area contributed by atoms with E-state index in [2.05, 4.69) is 20.7 Å². The monoisotopic (exact) mass is 269 g/mol. The highest BCUT2D eigenvalue weighted by Gasteiger charge is 2.25. The third-order valence-electron chi connectivity index (χ3n) is 2.24. The summed E-state index contributed by atoms with van der Waals surface area (Å²) in [7, 11) is 1.52. The molecule has 0 aromatic carbocycles. The Bertz CT molecular complexity index is 479. The van der Waals surface area contributed by atoms with Gasteiger partial charge in [0.05, 0.1) is 11.5 Å². The van der Waals surface area contributed by atoms with Crippen molar-refractivity contribution in [1.29, 1.82) is 0 Å². The van der Waals surface area contributed by atoms with Gasteiger partial charge in [-0.1, -0.05) is 0 Å². The molecule has 104 valence electrons. The number of nitrogens with two attached hydrogens (primary N) is 1. The van der Waals surface area contributed by atoms with E-state index in [1.807, 2.05) is 0 Å². The second kappa shape index (κ2) is 6.44. The number of anilines is 2. The smallest absolute Gasteiger partial charge is 0.354 e. The SMILES string of the molecule is CCNC(=O)CN(C)c1ncnc(NN)c1[N+](=O)[O-]. The van der Waals surface area contributed by atoms with E-state index in [0.717, 1.165) is 6.33 Å². The number of hydrazine groups is 1. The van der Waals surface area contributed by atoms with Gasteiger partial charge in [0.25, 0.3) is 0 Å². The number of hydrogen-bond donors (Lipinski definition) is 3. The Morgan fingerprint density at radius 2 is 2.26 bits per heavy atom. The molecule has 19 heavy (non-hydrogen) atoms. The summed E-state index contributed by atoms with van der Waals surface area (Å²) >= 11 is 0. The van der Waals surface area contributed by atoms with Crippen LogP contribution in [0.4, 0.5) is 17.3 Å². The molecule has 0 bridgehead atoms. The molecule has 1 aromatic heterocycles. The highest BCUT2D eigenvalue weighted by atomic mass is 16.6. The van der Waals surface area contributed by atoms with Crippen LogP contribution in [0.5, 0.6) is 0 Å². The van der Waals surface area contributed by atoms with Gasteiger partial charge in [0.2, 0.25) is 17.5 Å². The standard InChI is InChI=1S/C9H15N7O3/c1-3-11-6(17)4-15(2)9-7(16(18)19)8(14-10)12-5-13-9/h5H,3-4,10H2,1-2H3,(H,11,17)(H,12,13,14). The molecule has 0 aliphatic rings. The Hall–Kier alpha value is -2.49. The van der Waals surface area contributed by atoms with Crippen molar-refractivity contribution in [3.05, 3.63) is 16.4 Å². The molecule has 0 atom stereocenters. The molecule has 10 heteroatoms. The summed E-state index contributed by atoms with van der Waals surface area (Å²) in [6.07, 6.45) is 1.13. The Balaban J connectivity index is 3.05. The van der Waals surface area contributed by atoms with Crippen molar-refractivity contribution in [2.75, 3.05) is 30.5 Å². The Labute approximate surface area is 109 Å². The fraction of sp³-hybridized carbons (Fsp3) is 0.444. The van der Waals surface area contributed by atoms with Crippen molar-refractivity contribution >= 4 is 23.2 Å². The van der Waals surface area contributed by atoms with Crippen LogP contribution in [0.1, 0.15) is 6.92 Å². The minimum Gasteiger partial charge on any atom is -0.355 e. The fourth-order valence-corrected chi connectivity index (χ4v) is 1.47. The maximum Gasteiger partial charge on any atom is 0.354 e. The number of carbonyl (C=O) groups is 1. The van der Waals surface area contributed by atoms with Gasteiger partial charge in [0.1, 0.15) is 6.33 Å². The van der Waals surface area contributed by atoms with Crippen LogP contribution in [0.3, 0.4) is 0 Å². The number of carbonyl (C=O) groups excluding carboxylic acids is 1. The van der Waals surface area contributed by atoms with Crippen LogP contribution >= 0.6 is 0 Å². The largest absolute Gasteiger partial charge is 0.355 e. The second-order valence-corrected chi connectivity index (χ2v) is 3.61. The van der Waals surface area contributed by atoms with Gasteiger partial charge in [0, 0.05) is 13.6 Å². The summed E-state index contributed by atoms with van der Waals surface area (Å²) in [5, 5.41) is 13.6. The van der Waals surface area contributed by atoms with E-state index in [1.54, 1.807) is 6.92 Å². The molecule has 1 rings (SSSR count). The van der Waals surface area contributed by atoms with E-state index in [0.29, 0.717) is 6.54 Å². The van der Waals surface area contributed by atoms with E-state index in [9.17, 15) is 14.9 Å². The van der Waals surface area contributed by atoms with Crippen LogP contribution in [0, 0.1) is 10.1 Å². The highest BCUT2D eigenvalue weighted by Crippen LogP contribution is 2.30. The van der Waals surface area contributed by atoms with Gasteiger partial charge in [-0.05, 0) is 6.92 Å². The van der Waals surface area contributed by atoms with Crippen molar-refractivity contribution in [2.45, 2.75) is 6.92 Å². The number of amides is 1. The lowest BCUT2D eigenvalue weighted by atomic mass is 10.4. The van der Waals surface area contributed by atoms with Crippen molar-refractivity contribution in [1.82, 2.24) is 15.3 Å². The number of nitrogens with one attached hydrogen (secondary N) is 2. The van der Waals surface area contributed by atoms with E-state index in [-0.39, 0.29) is 29.8 Å². The zero-order chi connectivity index (χ0) is 14.4. The van der Waals surface area contributed by atoms with Crippen LogP contribution in [0.25, 0.3) is 0 Å². The Kier molecular flexibility index (Phi) is 4.94. The van der Waals surface area contributed by atoms with Crippen LogP contribution in [0.2, 0.25) is 0 Å². The summed E-state index contributed by atoms with van der Waals surface area (Å²) in [5.74, 6) is 4.80. The number of hydrogen-bond acceptors (Lipinski definition) is 8. The first-order valence-electron chi connectivity index (χ1n) is 5.45. The van der Waals surface area contributed by atoms with Crippen LogP contribution < -0.4 is 21.5 Å². The predicted octanol–water partition coefficient (Wildman–Crippen LogP) is -0.757. The topological polar surface area (TPSA) is 139 Å². The van der Waals surface area contributed by atoms with Crippen molar-refractivity contribution in [3.8, 4) is 0 Å². The fourth-order valence-electron chi connectivity index (χ4n) is 1.47. The normalized spacial score (nSPS) is 9.84. The number of nitrogens with zero attached hydrogens (tertiary/aromatic N) is 4. The number of rotatable bonds is 6. The number of nitro groups is 1. The maximum atomic E-state index is 11.5. The number of nitrogen functional groups attached to an aromatic ring is 1. The number of likely N-dealkylation sites (N-methyl/N-ethyl adjacent to an activating group) is 2. The van der Waals surface area contributed by atoms with E-state index < -0.39 is 4.92 Å². The van der Waals surface area contributed by atoms with Gasteiger partial charge in [-0.3, -0.25) is 14.9 Å². The molecule has 0 saturated heterocycles. The summed E-state index contributed by atoms with van der Waals surface area (Å²) in [6, 6.07) is 0. The van der Waals surface area contributed by atoms with Gasteiger partial charge in [-0.15, -0.1) is 0 Å². The molecule has 0 saturated carbocycles. The molecule has 0 aliphatic heterocycles. The summed E-state index contributed by atoms with van der Waals surface area (Å²) in [6.45, 7) is 2.20. The zero-order valence-electron chi connectivity index (χ0n) is 10.6.